The van der Waals surface area contributed by atoms with E-state index in [4.69, 9.17) is 0 Å². The first kappa shape index (κ1) is 19.1. The number of hydrogen-bond acceptors (Lipinski definition) is 5. The maximum Gasteiger partial charge on any atom is 0.340 e. The minimum Gasteiger partial charge on any atom is -0.459 e. The van der Waals surface area contributed by atoms with Gasteiger partial charge in [-0.1, -0.05) is 23.5 Å². The van der Waals surface area contributed by atoms with Gasteiger partial charge in [-0.05, 0) is 18.6 Å². The SMILES string of the molecule is O=C(CCCC(=O)OCC(F)(F)C(F)F)Nc1nc2ccccc2s1. The predicted molar refractivity (Wildman–Crippen MR) is 84.0 cm³/mol. The number of esters is 1. The van der Waals surface area contributed by atoms with Gasteiger partial charge in [-0.25, -0.2) is 13.8 Å². The van der Waals surface area contributed by atoms with Crippen molar-refractivity contribution >= 4 is 38.6 Å². The second kappa shape index (κ2) is 8.24. The molecule has 2 rings (SSSR count). The van der Waals surface area contributed by atoms with Crippen molar-refractivity contribution in [3.63, 3.8) is 0 Å². The number of carbonyl (C=O) groups is 2. The third-order valence-electron chi connectivity index (χ3n) is 3.07. The van der Waals surface area contributed by atoms with Gasteiger partial charge in [0.2, 0.25) is 5.91 Å². The zero-order valence-electron chi connectivity index (χ0n) is 12.8. The number of benzene rings is 1. The Hall–Kier alpha value is -2.23. The molecule has 0 atom stereocenters. The Balaban J connectivity index is 1.70. The van der Waals surface area contributed by atoms with Gasteiger partial charge >= 0.3 is 18.3 Å². The zero-order chi connectivity index (χ0) is 18.4. The van der Waals surface area contributed by atoms with Crippen LogP contribution in [-0.2, 0) is 14.3 Å². The minimum absolute atomic E-state index is 0.0375. The van der Waals surface area contributed by atoms with Gasteiger partial charge in [-0.2, -0.15) is 8.78 Å². The number of anilines is 1. The molecule has 0 saturated carbocycles. The molecule has 5 nitrogen and oxygen atoms in total. The Morgan fingerprint density at radius 1 is 1.24 bits per heavy atom. The molecule has 0 aliphatic carbocycles. The Labute approximate surface area is 144 Å². The molecule has 10 heteroatoms. The van der Waals surface area contributed by atoms with Crippen LogP contribution in [0.5, 0.6) is 0 Å². The van der Waals surface area contributed by atoms with Gasteiger partial charge < -0.3 is 10.1 Å². The highest BCUT2D eigenvalue weighted by molar-refractivity contribution is 7.22. The molecule has 0 bridgehead atoms. The van der Waals surface area contributed by atoms with Crippen LogP contribution in [0.25, 0.3) is 10.2 Å². The topological polar surface area (TPSA) is 68.3 Å². The number of carbonyl (C=O) groups excluding carboxylic acids is 2. The number of nitrogens with one attached hydrogen (secondary N) is 1. The van der Waals surface area contributed by atoms with Crippen molar-refractivity contribution in [2.75, 3.05) is 11.9 Å². The number of para-hydroxylation sites is 1. The molecule has 1 N–H and O–H groups in total. The van der Waals surface area contributed by atoms with Crippen molar-refractivity contribution in [2.24, 2.45) is 0 Å². The zero-order valence-corrected chi connectivity index (χ0v) is 13.6. The predicted octanol–water partition coefficient (Wildman–Crippen LogP) is 3.85. The number of fused-ring (bicyclic) bond motifs is 1. The molecule has 0 spiro atoms. The first-order valence-corrected chi connectivity index (χ1v) is 8.06. The second-order valence-electron chi connectivity index (χ2n) is 5.11. The van der Waals surface area contributed by atoms with Gasteiger partial charge in [-0.15, -0.1) is 0 Å². The molecule has 0 radical (unpaired) electrons. The number of alkyl halides is 4. The van der Waals surface area contributed by atoms with E-state index in [0.717, 1.165) is 10.2 Å². The van der Waals surface area contributed by atoms with Crippen LogP contribution in [-0.4, -0.2) is 35.8 Å². The highest BCUT2D eigenvalue weighted by Gasteiger charge is 2.42. The summed E-state index contributed by atoms with van der Waals surface area (Å²) in [5.41, 5.74) is 0.742. The van der Waals surface area contributed by atoms with E-state index >= 15 is 0 Å². The normalized spacial score (nSPS) is 11.7. The Morgan fingerprint density at radius 2 is 1.96 bits per heavy atom. The third-order valence-corrected chi connectivity index (χ3v) is 4.02. The summed E-state index contributed by atoms with van der Waals surface area (Å²) in [5.74, 6) is -5.84. The monoisotopic (exact) mass is 378 g/mol. The number of nitrogens with zero attached hydrogens (tertiary/aromatic N) is 1. The maximum absolute atomic E-state index is 12.6. The van der Waals surface area contributed by atoms with Gasteiger partial charge in [-0.3, -0.25) is 9.59 Å². The van der Waals surface area contributed by atoms with Gasteiger partial charge in [0.1, 0.15) is 0 Å². The van der Waals surface area contributed by atoms with Crippen LogP contribution in [0.3, 0.4) is 0 Å². The van der Waals surface area contributed by atoms with E-state index in [1.807, 2.05) is 18.2 Å². The summed E-state index contributed by atoms with van der Waals surface area (Å²) in [4.78, 5) is 27.2. The van der Waals surface area contributed by atoms with E-state index in [2.05, 4.69) is 15.0 Å². The summed E-state index contributed by atoms with van der Waals surface area (Å²) < 4.78 is 54.0. The summed E-state index contributed by atoms with van der Waals surface area (Å²) in [6, 6.07) is 7.31. The van der Waals surface area contributed by atoms with E-state index in [0.29, 0.717) is 5.13 Å². The van der Waals surface area contributed by atoms with Crippen LogP contribution in [0.2, 0.25) is 0 Å². The van der Waals surface area contributed by atoms with Crippen LogP contribution in [0.4, 0.5) is 22.7 Å². The molecule has 0 saturated heterocycles. The van der Waals surface area contributed by atoms with Gasteiger partial charge in [0.15, 0.2) is 11.7 Å². The van der Waals surface area contributed by atoms with Crippen LogP contribution in [0, 0.1) is 0 Å². The highest BCUT2D eigenvalue weighted by atomic mass is 32.1. The molecule has 136 valence electrons. The van der Waals surface area contributed by atoms with Crippen molar-refractivity contribution in [1.82, 2.24) is 4.98 Å². The van der Waals surface area contributed by atoms with Gasteiger partial charge in [0.05, 0.1) is 10.2 Å². The summed E-state index contributed by atoms with van der Waals surface area (Å²) in [5, 5.41) is 2.98. The number of hydrogen-bond donors (Lipinski definition) is 1. The Bertz CT molecular complexity index is 718. The lowest BCUT2D eigenvalue weighted by atomic mass is 10.2. The fourth-order valence-electron chi connectivity index (χ4n) is 1.81. The van der Waals surface area contributed by atoms with E-state index in [1.54, 1.807) is 6.07 Å². The lowest BCUT2D eigenvalue weighted by Crippen LogP contribution is -2.33. The molecule has 25 heavy (non-hydrogen) atoms. The lowest BCUT2D eigenvalue weighted by molar-refractivity contribution is -0.179. The first-order chi connectivity index (χ1) is 11.8. The number of ether oxygens (including phenoxy) is 1. The van der Waals surface area contributed by atoms with Gasteiger partial charge in [0.25, 0.3) is 0 Å². The number of amides is 1. The molecular weight excluding hydrogens is 364 g/mol. The first-order valence-electron chi connectivity index (χ1n) is 7.25. The van der Waals surface area contributed by atoms with Crippen molar-refractivity contribution in [2.45, 2.75) is 31.6 Å². The van der Waals surface area contributed by atoms with Crippen molar-refractivity contribution < 1.29 is 31.9 Å². The van der Waals surface area contributed by atoms with Crippen molar-refractivity contribution in [1.29, 1.82) is 0 Å². The molecule has 0 unspecified atom stereocenters. The molecule has 0 aliphatic rings. The highest BCUT2D eigenvalue weighted by Crippen LogP contribution is 2.25. The number of rotatable bonds is 8. The second-order valence-corrected chi connectivity index (χ2v) is 6.14. The molecule has 1 aromatic carbocycles. The quantitative estimate of drug-likeness (QED) is 0.560. The maximum atomic E-state index is 12.6. The summed E-state index contributed by atoms with van der Waals surface area (Å²) in [6.45, 7) is -1.68. The van der Waals surface area contributed by atoms with Crippen LogP contribution >= 0.6 is 11.3 Å². The fraction of sp³-hybridized carbons (Fsp3) is 0.400. The molecule has 0 aliphatic heterocycles. The Morgan fingerprint density at radius 3 is 2.64 bits per heavy atom. The number of halogens is 4. The van der Waals surface area contributed by atoms with Crippen molar-refractivity contribution in [3.05, 3.63) is 24.3 Å². The molecular formula is C15H14F4N2O3S. The number of thiazole rings is 1. The van der Waals surface area contributed by atoms with E-state index < -0.39 is 30.8 Å². The van der Waals surface area contributed by atoms with Crippen LogP contribution in [0.15, 0.2) is 24.3 Å². The van der Waals surface area contributed by atoms with E-state index in [-0.39, 0.29) is 19.3 Å². The lowest BCUT2D eigenvalue weighted by Gasteiger charge is -2.14. The fourth-order valence-corrected chi connectivity index (χ4v) is 2.69. The van der Waals surface area contributed by atoms with Crippen molar-refractivity contribution in [3.8, 4) is 0 Å². The summed E-state index contributed by atoms with van der Waals surface area (Å²) >= 11 is 1.29. The Kier molecular flexibility index (Phi) is 6.29. The van der Waals surface area contributed by atoms with Crippen LogP contribution < -0.4 is 5.32 Å². The summed E-state index contributed by atoms with van der Waals surface area (Å²) in [7, 11) is 0. The standard InChI is InChI=1S/C15H14F4N2O3S/c16-13(17)15(18,19)8-24-12(23)7-3-6-11(22)21-14-20-9-4-1-2-5-10(9)25-14/h1-2,4-5,13H,3,6-8H2,(H,20,21,22). The average molecular weight is 378 g/mol. The smallest absolute Gasteiger partial charge is 0.340 e. The third kappa shape index (κ3) is 5.66. The minimum atomic E-state index is -4.38. The largest absolute Gasteiger partial charge is 0.459 e. The molecule has 1 aromatic heterocycles. The van der Waals surface area contributed by atoms with Crippen LogP contribution in [0.1, 0.15) is 19.3 Å². The van der Waals surface area contributed by atoms with Gasteiger partial charge in [0, 0.05) is 12.8 Å². The van der Waals surface area contributed by atoms with E-state index in [1.165, 1.54) is 11.3 Å². The summed E-state index contributed by atoms with van der Waals surface area (Å²) in [6.07, 6.45) is -4.25. The molecule has 1 heterocycles. The molecule has 0 fully saturated rings. The number of aromatic nitrogens is 1. The van der Waals surface area contributed by atoms with E-state index in [9.17, 15) is 27.2 Å². The molecule has 2 aromatic rings. The average Bonchev–Trinajstić information content (AvgIpc) is 2.95. The molecule has 1 amide bonds.